The summed E-state index contributed by atoms with van der Waals surface area (Å²) in [5.41, 5.74) is 7.93. The number of rotatable bonds is 12. The molecule has 226 valence electrons. The Labute approximate surface area is 246 Å². The number of aliphatic imine (C=N–C) groups is 1. The van der Waals surface area contributed by atoms with E-state index in [1.807, 2.05) is 26.8 Å². The third kappa shape index (κ3) is 11.8. The minimum absolute atomic E-state index is 0.0818. The second-order valence-electron chi connectivity index (χ2n) is 9.68. The molecule has 1 heterocycles. The number of aliphatic hydroxyl groups excluding tert-OH is 2. The number of nitrogens with two attached hydrogens (primary N) is 1. The van der Waals surface area contributed by atoms with E-state index in [1.165, 1.54) is 37.5 Å². The Kier molecular flexibility index (Phi) is 17.7. The van der Waals surface area contributed by atoms with E-state index in [1.54, 1.807) is 18.2 Å². The zero-order valence-electron chi connectivity index (χ0n) is 25.7. The number of nitrogens with zero attached hydrogens (tertiary/aromatic N) is 1. The lowest BCUT2D eigenvalue weighted by Crippen LogP contribution is -2.11. The summed E-state index contributed by atoms with van der Waals surface area (Å²) in [7, 11) is 0. The molecule has 0 aromatic heterocycles. The number of allylic oxidation sites excluding steroid dienone is 3. The van der Waals surface area contributed by atoms with E-state index >= 15 is 0 Å². The molecule has 1 aliphatic carbocycles. The average Bonchev–Trinajstić information content (AvgIpc) is 3.90. The fourth-order valence-electron chi connectivity index (χ4n) is 4.51. The van der Waals surface area contributed by atoms with E-state index in [2.05, 4.69) is 20.4 Å². The topological polar surface area (TPSA) is 150 Å². The molecule has 1 atom stereocenters. The highest BCUT2D eigenvalue weighted by atomic mass is 16.4. The molecule has 9 heteroatoms. The lowest BCUT2D eigenvalue weighted by molar-refractivity contribution is -0.118. The molecule has 0 spiro atoms. The molecule has 5 N–H and O–H groups in total. The van der Waals surface area contributed by atoms with E-state index in [-0.39, 0.29) is 34.7 Å². The first-order valence-electron chi connectivity index (χ1n) is 14.6. The molecule has 0 unspecified atom stereocenters. The van der Waals surface area contributed by atoms with Gasteiger partial charge in [0, 0.05) is 18.3 Å². The number of benzene rings is 1. The Hall–Kier alpha value is -3.62. The first-order chi connectivity index (χ1) is 19.5. The van der Waals surface area contributed by atoms with Crippen molar-refractivity contribution in [2.45, 2.75) is 91.7 Å². The van der Waals surface area contributed by atoms with Gasteiger partial charge < -0.3 is 30.8 Å². The molecule has 41 heavy (non-hydrogen) atoms. The zero-order valence-corrected chi connectivity index (χ0v) is 25.7. The molecule has 1 saturated carbocycles. The molecule has 2 aliphatic rings. The van der Waals surface area contributed by atoms with Crippen LogP contribution >= 0.6 is 0 Å². The monoisotopic (exact) mass is 568 g/mol. The van der Waals surface area contributed by atoms with Gasteiger partial charge in [-0.15, -0.1) is 0 Å². The van der Waals surface area contributed by atoms with E-state index in [0.717, 1.165) is 43.5 Å². The number of carbonyl (C=O) groups is 3. The van der Waals surface area contributed by atoms with Gasteiger partial charge in [0.1, 0.15) is 6.29 Å². The molecular formula is C32H49BN2O6. The van der Waals surface area contributed by atoms with Crippen molar-refractivity contribution in [3.05, 3.63) is 71.2 Å². The number of aldehydes is 1. The fourth-order valence-corrected chi connectivity index (χ4v) is 4.51. The predicted octanol–water partition coefficient (Wildman–Crippen LogP) is 6.94. The number of primary amides is 1. The smallest absolute Gasteiger partial charge is 0.335 e. The number of amides is 1. The van der Waals surface area contributed by atoms with Crippen molar-refractivity contribution in [1.82, 2.24) is 0 Å². The minimum atomic E-state index is -0.952. The van der Waals surface area contributed by atoms with Crippen molar-refractivity contribution in [2.75, 3.05) is 6.54 Å². The number of aliphatic hydroxyl groups is 2. The van der Waals surface area contributed by atoms with Crippen LogP contribution in [0.1, 0.15) is 89.6 Å². The van der Waals surface area contributed by atoms with Crippen LogP contribution in [0, 0.1) is 5.92 Å². The maximum atomic E-state index is 10.5. The number of hydrogen-bond donors (Lipinski definition) is 4. The van der Waals surface area contributed by atoms with Crippen LogP contribution in [-0.2, 0) is 16.0 Å². The van der Waals surface area contributed by atoms with Crippen LogP contribution in [0.5, 0.6) is 0 Å². The number of carboxylic acid groups (broad SMARTS) is 1. The van der Waals surface area contributed by atoms with Gasteiger partial charge in [0.2, 0.25) is 12.6 Å². The van der Waals surface area contributed by atoms with Crippen molar-refractivity contribution in [3.8, 4) is 0 Å². The standard InChI is InChI=1S/C18H28BNO2.C10H11NO3.C2H4O.C2H6/c1-5-8-9-15(21)16(22)13(4)18(6-2)17(19(18)7-3)20-12-14-10-11-14;11-9(12)6-3-7-1-4-8(5-2-7)10(13)14;1-2-3;1-2/h8-9,14,21-22H,4-7,10-12H2,1-3H3;1-2,4-5H,3,6H2,(H2,11,12)(H,13,14);2H,1H3;1-2H3/b9-8-,16-15-,20-17?;;;/t18-;;;/m1.../s1. The first kappa shape index (κ1) is 37.4. The quantitative estimate of drug-likeness (QED) is 0.0928. The van der Waals surface area contributed by atoms with Crippen LogP contribution in [0.2, 0.25) is 11.6 Å². The van der Waals surface area contributed by atoms with Gasteiger partial charge in [-0.05, 0) is 79.9 Å². The van der Waals surface area contributed by atoms with Crippen LogP contribution in [0.15, 0.2) is 65.1 Å². The molecular weight excluding hydrogens is 519 g/mol. The molecule has 1 saturated heterocycles. The number of carbonyl (C=O) groups excluding carboxylic acids is 2. The van der Waals surface area contributed by atoms with Crippen molar-refractivity contribution in [2.24, 2.45) is 16.6 Å². The van der Waals surface area contributed by atoms with E-state index in [9.17, 15) is 19.8 Å². The van der Waals surface area contributed by atoms with E-state index < -0.39 is 5.97 Å². The van der Waals surface area contributed by atoms with Crippen LogP contribution in [-0.4, -0.2) is 52.4 Å². The SMILES string of the molecule is C=C(/C(O)=C(O)\C=C/CC)[C@@]1(CC)B(CC)C1=NCC1CC1.CC.CC=O.NC(=O)CCc1ccc(C(=O)O)cc1. The van der Waals surface area contributed by atoms with Crippen LogP contribution in [0.3, 0.4) is 0 Å². The van der Waals surface area contributed by atoms with Gasteiger partial charge >= 0.3 is 5.97 Å². The third-order valence-corrected chi connectivity index (χ3v) is 6.92. The lowest BCUT2D eigenvalue weighted by atomic mass is 9.56. The molecule has 1 aromatic carbocycles. The molecule has 2 fully saturated rings. The van der Waals surface area contributed by atoms with E-state index in [4.69, 9.17) is 20.6 Å². The summed E-state index contributed by atoms with van der Waals surface area (Å²) in [5, 5.41) is 28.8. The Morgan fingerprint density at radius 3 is 2.10 bits per heavy atom. The lowest BCUT2D eigenvalue weighted by Gasteiger charge is -2.17. The minimum Gasteiger partial charge on any atom is -0.504 e. The fraction of sp³-hybridized carbons (Fsp3) is 0.500. The van der Waals surface area contributed by atoms with Crippen molar-refractivity contribution in [1.29, 1.82) is 0 Å². The summed E-state index contributed by atoms with van der Waals surface area (Å²) in [6.45, 7) is 17.1. The zero-order chi connectivity index (χ0) is 31.6. The van der Waals surface area contributed by atoms with Crippen LogP contribution in [0.25, 0.3) is 0 Å². The van der Waals surface area contributed by atoms with Gasteiger partial charge in [0.15, 0.2) is 11.5 Å². The van der Waals surface area contributed by atoms with Crippen molar-refractivity contribution in [3.63, 3.8) is 0 Å². The van der Waals surface area contributed by atoms with Gasteiger partial charge in [0.25, 0.3) is 0 Å². The molecule has 0 bridgehead atoms. The number of aryl methyl sites for hydroxylation is 1. The van der Waals surface area contributed by atoms with Gasteiger partial charge in [-0.2, -0.15) is 0 Å². The molecule has 3 rings (SSSR count). The van der Waals surface area contributed by atoms with Crippen LogP contribution < -0.4 is 5.73 Å². The highest BCUT2D eigenvalue weighted by Crippen LogP contribution is 2.60. The average molecular weight is 569 g/mol. The van der Waals surface area contributed by atoms with Gasteiger partial charge in [-0.25, -0.2) is 4.79 Å². The Morgan fingerprint density at radius 1 is 1.12 bits per heavy atom. The molecule has 1 aromatic rings. The number of carboxylic acids is 1. The largest absolute Gasteiger partial charge is 0.504 e. The number of hydrogen-bond acceptors (Lipinski definition) is 6. The normalized spacial score (nSPS) is 18.5. The molecule has 8 nitrogen and oxygen atoms in total. The summed E-state index contributed by atoms with van der Waals surface area (Å²) < 4.78 is 0. The second-order valence-corrected chi connectivity index (χ2v) is 9.68. The van der Waals surface area contributed by atoms with Crippen LogP contribution in [0.4, 0.5) is 0 Å². The van der Waals surface area contributed by atoms with Crippen molar-refractivity contribution >= 4 is 30.5 Å². The van der Waals surface area contributed by atoms with Gasteiger partial charge in [0.05, 0.1) is 5.56 Å². The second kappa shape index (κ2) is 19.5. The number of aromatic carboxylic acids is 1. The highest BCUT2D eigenvalue weighted by molar-refractivity contribution is 7.14. The molecule has 1 amide bonds. The first-order valence-corrected chi connectivity index (χ1v) is 14.6. The Bertz CT molecular complexity index is 1090. The van der Waals surface area contributed by atoms with Gasteiger partial charge in [-0.3, -0.25) is 4.79 Å². The Morgan fingerprint density at radius 2 is 1.68 bits per heavy atom. The summed E-state index contributed by atoms with van der Waals surface area (Å²) in [6.07, 6.45) is 10.2. The third-order valence-electron chi connectivity index (χ3n) is 6.92. The van der Waals surface area contributed by atoms with E-state index in [0.29, 0.717) is 18.7 Å². The maximum absolute atomic E-state index is 10.5. The molecule has 0 radical (unpaired) electrons. The molecule has 1 aliphatic heterocycles. The Balaban J connectivity index is 0.000000723. The highest BCUT2D eigenvalue weighted by Gasteiger charge is 2.64. The summed E-state index contributed by atoms with van der Waals surface area (Å²) in [5.74, 6) is -0.721. The summed E-state index contributed by atoms with van der Waals surface area (Å²) >= 11 is 0. The van der Waals surface area contributed by atoms with Gasteiger partial charge in [-0.1, -0.05) is 65.7 Å². The predicted molar refractivity (Wildman–Crippen MR) is 169 cm³/mol. The maximum Gasteiger partial charge on any atom is 0.335 e. The summed E-state index contributed by atoms with van der Waals surface area (Å²) in [4.78, 5) is 34.6. The summed E-state index contributed by atoms with van der Waals surface area (Å²) in [6, 6.07) is 6.40. The van der Waals surface area contributed by atoms with Crippen molar-refractivity contribution < 1.29 is 29.7 Å².